The fourth-order valence-electron chi connectivity index (χ4n) is 1.60. The summed E-state index contributed by atoms with van der Waals surface area (Å²) in [4.78, 5) is 12.1. The smallest absolute Gasteiger partial charge is 0.257 e. The molecule has 2 aromatic carbocycles. The Balaban J connectivity index is 2.31. The fourth-order valence-corrected chi connectivity index (χ4v) is 2.17. The predicted molar refractivity (Wildman–Crippen MR) is 78.2 cm³/mol. The first-order valence-electron chi connectivity index (χ1n) is 5.50. The van der Waals surface area contributed by atoms with Gasteiger partial charge in [0.15, 0.2) is 0 Å². The summed E-state index contributed by atoms with van der Waals surface area (Å²) in [5, 5.41) is 2.99. The number of hydrogen-bond acceptors (Lipinski definition) is 1. The van der Waals surface area contributed by atoms with E-state index in [0.29, 0.717) is 21.8 Å². The normalized spacial score (nSPS) is 10.3. The quantitative estimate of drug-likeness (QED) is 0.834. The molecular formula is C14H10BrClFNO. The lowest BCUT2D eigenvalue weighted by Gasteiger charge is -2.10. The minimum atomic E-state index is -0.375. The van der Waals surface area contributed by atoms with Gasteiger partial charge in [-0.2, -0.15) is 0 Å². The van der Waals surface area contributed by atoms with E-state index in [1.54, 1.807) is 37.3 Å². The van der Waals surface area contributed by atoms with E-state index >= 15 is 0 Å². The second-order valence-corrected chi connectivity index (χ2v) is 5.31. The molecule has 0 saturated heterocycles. The Morgan fingerprint density at radius 3 is 2.79 bits per heavy atom. The second-order valence-electron chi connectivity index (χ2n) is 3.99. The molecule has 2 nitrogen and oxygen atoms in total. The SMILES string of the molecule is Cc1c(F)cccc1NC(=O)c1cc(Br)ccc1Cl. The molecule has 0 heterocycles. The van der Waals surface area contributed by atoms with E-state index in [4.69, 9.17) is 11.6 Å². The van der Waals surface area contributed by atoms with Gasteiger partial charge in [0.2, 0.25) is 0 Å². The number of amides is 1. The van der Waals surface area contributed by atoms with Crippen molar-refractivity contribution in [2.45, 2.75) is 6.92 Å². The van der Waals surface area contributed by atoms with Gasteiger partial charge in [0.25, 0.3) is 5.91 Å². The molecule has 19 heavy (non-hydrogen) atoms. The highest BCUT2D eigenvalue weighted by molar-refractivity contribution is 9.10. The molecule has 0 unspecified atom stereocenters. The molecule has 0 bridgehead atoms. The molecular weight excluding hydrogens is 333 g/mol. The first-order chi connectivity index (χ1) is 8.99. The van der Waals surface area contributed by atoms with Crippen LogP contribution in [0, 0.1) is 12.7 Å². The summed E-state index contributed by atoms with van der Waals surface area (Å²) in [6, 6.07) is 9.51. The molecule has 0 aliphatic carbocycles. The molecule has 0 aliphatic rings. The highest BCUT2D eigenvalue weighted by Crippen LogP contribution is 2.23. The minimum Gasteiger partial charge on any atom is -0.322 e. The zero-order valence-electron chi connectivity index (χ0n) is 10.0. The minimum absolute atomic E-state index is 0.333. The molecule has 0 atom stereocenters. The third-order valence-corrected chi connectivity index (χ3v) is 3.51. The van der Waals surface area contributed by atoms with Gasteiger partial charge >= 0.3 is 0 Å². The number of carbonyl (C=O) groups is 1. The summed E-state index contributed by atoms with van der Waals surface area (Å²) in [5.74, 6) is -0.738. The van der Waals surface area contributed by atoms with Crippen molar-refractivity contribution in [3.05, 3.63) is 62.8 Å². The molecule has 0 aliphatic heterocycles. The maximum absolute atomic E-state index is 13.4. The standard InChI is InChI=1S/C14H10BrClFNO/c1-8-12(17)3-2-4-13(8)18-14(19)10-7-9(15)5-6-11(10)16/h2-7H,1H3,(H,18,19). The van der Waals surface area contributed by atoms with Crippen LogP contribution < -0.4 is 5.32 Å². The Hall–Kier alpha value is -1.39. The Bertz CT molecular complexity index is 645. The van der Waals surface area contributed by atoms with Gasteiger partial charge in [-0.1, -0.05) is 33.6 Å². The first kappa shape index (κ1) is 14.0. The van der Waals surface area contributed by atoms with E-state index in [2.05, 4.69) is 21.2 Å². The zero-order chi connectivity index (χ0) is 14.0. The molecule has 1 N–H and O–H groups in total. The predicted octanol–water partition coefficient (Wildman–Crippen LogP) is 4.80. The number of rotatable bonds is 2. The van der Waals surface area contributed by atoms with Crippen molar-refractivity contribution >= 4 is 39.1 Å². The van der Waals surface area contributed by atoms with Crippen LogP contribution in [0.3, 0.4) is 0 Å². The maximum atomic E-state index is 13.4. The summed E-state index contributed by atoms with van der Waals surface area (Å²) in [7, 11) is 0. The van der Waals surface area contributed by atoms with Crippen molar-refractivity contribution in [2.75, 3.05) is 5.32 Å². The summed E-state index contributed by atoms with van der Waals surface area (Å²) in [6.45, 7) is 1.60. The lowest BCUT2D eigenvalue weighted by molar-refractivity contribution is 0.102. The maximum Gasteiger partial charge on any atom is 0.257 e. The van der Waals surface area contributed by atoms with Crippen molar-refractivity contribution < 1.29 is 9.18 Å². The average molecular weight is 343 g/mol. The number of nitrogens with one attached hydrogen (secondary N) is 1. The van der Waals surface area contributed by atoms with Gasteiger partial charge in [-0.3, -0.25) is 4.79 Å². The van der Waals surface area contributed by atoms with Gasteiger partial charge in [0.1, 0.15) is 5.82 Å². The summed E-state index contributed by atoms with van der Waals surface area (Å²) < 4.78 is 14.1. The summed E-state index contributed by atoms with van der Waals surface area (Å²) in [6.07, 6.45) is 0. The van der Waals surface area contributed by atoms with Crippen LogP contribution in [0.4, 0.5) is 10.1 Å². The zero-order valence-corrected chi connectivity index (χ0v) is 12.3. The molecule has 2 aromatic rings. The Morgan fingerprint density at radius 2 is 2.05 bits per heavy atom. The first-order valence-corrected chi connectivity index (χ1v) is 6.67. The Labute approximate surface area is 123 Å². The van der Waals surface area contributed by atoms with E-state index < -0.39 is 0 Å². The number of benzene rings is 2. The van der Waals surface area contributed by atoms with E-state index in [1.165, 1.54) is 6.07 Å². The van der Waals surface area contributed by atoms with Crippen LogP contribution in [-0.4, -0.2) is 5.91 Å². The highest BCUT2D eigenvalue weighted by atomic mass is 79.9. The van der Waals surface area contributed by atoms with Crippen molar-refractivity contribution in [3.63, 3.8) is 0 Å². The Kier molecular flexibility index (Phi) is 4.22. The number of halogens is 3. The average Bonchev–Trinajstić information content (AvgIpc) is 2.38. The van der Waals surface area contributed by atoms with Crippen molar-refractivity contribution in [2.24, 2.45) is 0 Å². The van der Waals surface area contributed by atoms with E-state index in [0.717, 1.165) is 4.47 Å². The molecule has 0 aromatic heterocycles. The monoisotopic (exact) mass is 341 g/mol. The number of anilines is 1. The van der Waals surface area contributed by atoms with Crippen LogP contribution in [-0.2, 0) is 0 Å². The van der Waals surface area contributed by atoms with E-state index in [9.17, 15) is 9.18 Å². The number of carbonyl (C=O) groups excluding carboxylic acids is 1. The van der Waals surface area contributed by atoms with Crippen molar-refractivity contribution in [3.8, 4) is 0 Å². The summed E-state index contributed by atoms with van der Waals surface area (Å²) >= 11 is 9.25. The van der Waals surface area contributed by atoms with Gasteiger partial charge in [-0.15, -0.1) is 0 Å². The highest BCUT2D eigenvalue weighted by Gasteiger charge is 2.13. The van der Waals surface area contributed by atoms with E-state index in [-0.39, 0.29) is 11.7 Å². The molecule has 5 heteroatoms. The molecule has 0 radical (unpaired) electrons. The third-order valence-electron chi connectivity index (χ3n) is 2.69. The number of hydrogen-bond donors (Lipinski definition) is 1. The molecule has 98 valence electrons. The van der Waals surface area contributed by atoms with Crippen LogP contribution in [0.5, 0.6) is 0 Å². The van der Waals surface area contributed by atoms with Crippen LogP contribution in [0.25, 0.3) is 0 Å². The fraction of sp³-hybridized carbons (Fsp3) is 0.0714. The van der Waals surface area contributed by atoms with Gasteiger partial charge in [0, 0.05) is 15.7 Å². The van der Waals surface area contributed by atoms with E-state index in [1.807, 2.05) is 0 Å². The van der Waals surface area contributed by atoms with Crippen molar-refractivity contribution in [1.29, 1.82) is 0 Å². The van der Waals surface area contributed by atoms with Crippen LogP contribution in [0.15, 0.2) is 40.9 Å². The molecule has 1 amide bonds. The van der Waals surface area contributed by atoms with Gasteiger partial charge < -0.3 is 5.32 Å². The molecule has 0 spiro atoms. The van der Waals surface area contributed by atoms with Gasteiger partial charge in [-0.05, 0) is 37.3 Å². The lowest BCUT2D eigenvalue weighted by Crippen LogP contribution is -2.13. The lowest BCUT2D eigenvalue weighted by atomic mass is 10.1. The van der Waals surface area contributed by atoms with Crippen LogP contribution >= 0.6 is 27.5 Å². The van der Waals surface area contributed by atoms with Crippen LogP contribution in [0.1, 0.15) is 15.9 Å². The largest absolute Gasteiger partial charge is 0.322 e. The third kappa shape index (κ3) is 3.14. The molecule has 0 fully saturated rings. The summed E-state index contributed by atoms with van der Waals surface area (Å²) in [5.41, 5.74) is 1.16. The molecule has 0 saturated carbocycles. The van der Waals surface area contributed by atoms with Gasteiger partial charge in [-0.25, -0.2) is 4.39 Å². The topological polar surface area (TPSA) is 29.1 Å². The van der Waals surface area contributed by atoms with Crippen molar-refractivity contribution in [1.82, 2.24) is 0 Å². The second kappa shape index (κ2) is 5.72. The molecule has 2 rings (SSSR count). The Morgan fingerprint density at radius 1 is 1.32 bits per heavy atom. The van der Waals surface area contributed by atoms with Gasteiger partial charge in [0.05, 0.1) is 10.6 Å². The van der Waals surface area contributed by atoms with Crippen LogP contribution in [0.2, 0.25) is 5.02 Å².